The van der Waals surface area contributed by atoms with Crippen LogP contribution in [0.15, 0.2) is 24.5 Å². The zero-order valence-corrected chi connectivity index (χ0v) is 8.98. The van der Waals surface area contributed by atoms with E-state index < -0.39 is 0 Å². The van der Waals surface area contributed by atoms with Gasteiger partial charge in [-0.15, -0.1) is 0 Å². The third-order valence-electron chi connectivity index (χ3n) is 3.31. The first-order chi connectivity index (χ1) is 7.35. The Balaban J connectivity index is 2.07. The first-order valence-electron chi connectivity index (χ1n) is 5.51. The Morgan fingerprint density at radius 1 is 1.27 bits per heavy atom. The number of hydrogen-bond donors (Lipinski definition) is 1. The fraction of sp³-hybridized carbons (Fsp3) is 0.583. The van der Waals surface area contributed by atoms with Gasteiger partial charge >= 0.3 is 0 Å². The summed E-state index contributed by atoms with van der Waals surface area (Å²) >= 11 is 0. The molecule has 0 spiro atoms. The van der Waals surface area contributed by atoms with Gasteiger partial charge in [0.1, 0.15) is 0 Å². The minimum atomic E-state index is 0.250. The van der Waals surface area contributed by atoms with Crippen LogP contribution in [0.2, 0.25) is 0 Å². The van der Waals surface area contributed by atoms with Crippen LogP contribution < -0.4 is 5.73 Å². The Kier molecular flexibility index (Phi) is 3.34. The summed E-state index contributed by atoms with van der Waals surface area (Å²) in [5, 5.41) is 0. The van der Waals surface area contributed by atoms with Gasteiger partial charge in [-0.2, -0.15) is 0 Å². The van der Waals surface area contributed by atoms with Gasteiger partial charge in [0.15, 0.2) is 0 Å². The van der Waals surface area contributed by atoms with E-state index in [0.717, 1.165) is 39.0 Å². The number of hydrogen-bond acceptors (Lipinski definition) is 3. The van der Waals surface area contributed by atoms with Crippen LogP contribution in [0.3, 0.4) is 0 Å². The summed E-state index contributed by atoms with van der Waals surface area (Å²) in [6, 6.07) is 4.15. The molecule has 1 aromatic rings. The van der Waals surface area contributed by atoms with Crippen LogP contribution in [0.4, 0.5) is 0 Å². The molecule has 2 N–H and O–H groups in total. The topological polar surface area (TPSA) is 48.1 Å². The lowest BCUT2D eigenvalue weighted by molar-refractivity contribution is 0.0191. The monoisotopic (exact) mass is 206 g/mol. The fourth-order valence-corrected chi connectivity index (χ4v) is 2.19. The second-order valence-corrected chi connectivity index (χ2v) is 4.35. The first kappa shape index (κ1) is 10.6. The predicted molar refractivity (Wildman–Crippen MR) is 59.5 cm³/mol. The number of aromatic nitrogens is 1. The molecule has 1 aliphatic heterocycles. The third-order valence-corrected chi connectivity index (χ3v) is 3.31. The summed E-state index contributed by atoms with van der Waals surface area (Å²) in [4.78, 5) is 4.03. The molecule has 3 nitrogen and oxygen atoms in total. The zero-order valence-electron chi connectivity index (χ0n) is 8.98. The van der Waals surface area contributed by atoms with Gasteiger partial charge in [-0.05, 0) is 48.9 Å². The smallest absolute Gasteiger partial charge is 0.0471 e. The van der Waals surface area contributed by atoms with E-state index in [4.69, 9.17) is 10.5 Å². The van der Waals surface area contributed by atoms with Gasteiger partial charge in [0, 0.05) is 25.6 Å². The van der Waals surface area contributed by atoms with Crippen molar-refractivity contribution in [2.75, 3.05) is 19.8 Å². The van der Waals surface area contributed by atoms with E-state index >= 15 is 0 Å². The van der Waals surface area contributed by atoms with Crippen molar-refractivity contribution >= 4 is 0 Å². The second-order valence-electron chi connectivity index (χ2n) is 4.35. The van der Waals surface area contributed by atoms with E-state index in [2.05, 4.69) is 17.1 Å². The van der Waals surface area contributed by atoms with Crippen LogP contribution in [0.5, 0.6) is 0 Å². The van der Waals surface area contributed by atoms with Gasteiger partial charge in [0.05, 0.1) is 0 Å². The molecule has 2 heterocycles. The maximum Gasteiger partial charge on any atom is 0.0471 e. The van der Waals surface area contributed by atoms with E-state index in [1.807, 2.05) is 12.4 Å². The fourth-order valence-electron chi connectivity index (χ4n) is 2.19. The molecule has 0 atom stereocenters. The number of ether oxygens (including phenoxy) is 1. The van der Waals surface area contributed by atoms with Crippen molar-refractivity contribution in [3.05, 3.63) is 30.1 Å². The van der Waals surface area contributed by atoms with E-state index in [1.54, 1.807) is 0 Å². The minimum Gasteiger partial charge on any atom is -0.381 e. The highest BCUT2D eigenvalue weighted by molar-refractivity contribution is 5.12. The highest BCUT2D eigenvalue weighted by Crippen LogP contribution is 2.32. The molecule has 15 heavy (non-hydrogen) atoms. The molecular formula is C12H18N2O. The molecule has 3 heteroatoms. The van der Waals surface area contributed by atoms with Gasteiger partial charge in [-0.1, -0.05) is 0 Å². The van der Waals surface area contributed by atoms with Gasteiger partial charge in [0.25, 0.3) is 0 Å². The molecular weight excluding hydrogens is 188 g/mol. The van der Waals surface area contributed by atoms with Gasteiger partial charge in [-0.25, -0.2) is 0 Å². The van der Waals surface area contributed by atoms with E-state index in [9.17, 15) is 0 Å². The van der Waals surface area contributed by atoms with Crippen LogP contribution in [-0.4, -0.2) is 24.7 Å². The average molecular weight is 206 g/mol. The molecule has 1 fully saturated rings. The number of nitrogens with zero attached hydrogens (tertiary/aromatic N) is 1. The van der Waals surface area contributed by atoms with E-state index in [0.29, 0.717) is 0 Å². The standard InChI is InChI=1S/C12H18N2O/c13-10-12(3-7-15-8-4-12)9-11-1-5-14-6-2-11/h1-2,5-6H,3-4,7-10,13H2. The van der Waals surface area contributed by atoms with Crippen LogP contribution >= 0.6 is 0 Å². The molecule has 0 aliphatic carbocycles. The normalized spacial score (nSPS) is 20.1. The van der Waals surface area contributed by atoms with E-state index in [-0.39, 0.29) is 5.41 Å². The summed E-state index contributed by atoms with van der Waals surface area (Å²) in [5.41, 5.74) is 7.50. The molecule has 1 saturated heterocycles. The average Bonchev–Trinajstić information content (AvgIpc) is 2.32. The van der Waals surface area contributed by atoms with Gasteiger partial charge in [0.2, 0.25) is 0 Å². The summed E-state index contributed by atoms with van der Waals surface area (Å²) in [7, 11) is 0. The van der Waals surface area contributed by atoms with Crippen LogP contribution in [0.25, 0.3) is 0 Å². The van der Waals surface area contributed by atoms with Crippen molar-refractivity contribution in [1.82, 2.24) is 4.98 Å². The van der Waals surface area contributed by atoms with Crippen molar-refractivity contribution in [3.63, 3.8) is 0 Å². The minimum absolute atomic E-state index is 0.250. The van der Waals surface area contributed by atoms with Gasteiger partial charge in [-0.3, -0.25) is 4.98 Å². The summed E-state index contributed by atoms with van der Waals surface area (Å²) in [6.45, 7) is 2.45. The zero-order chi connectivity index (χ0) is 10.6. The number of rotatable bonds is 3. The molecule has 0 unspecified atom stereocenters. The first-order valence-corrected chi connectivity index (χ1v) is 5.51. The maximum absolute atomic E-state index is 5.91. The Labute approximate surface area is 90.7 Å². The second kappa shape index (κ2) is 4.73. The molecule has 2 rings (SSSR count). The predicted octanol–water partition coefficient (Wildman–Crippen LogP) is 1.38. The Hall–Kier alpha value is -0.930. The lowest BCUT2D eigenvalue weighted by Crippen LogP contribution is -2.38. The molecule has 0 aromatic carbocycles. The van der Waals surface area contributed by atoms with E-state index in [1.165, 1.54) is 5.56 Å². The van der Waals surface area contributed by atoms with Crippen molar-refractivity contribution < 1.29 is 4.74 Å². The molecule has 1 aromatic heterocycles. The van der Waals surface area contributed by atoms with Crippen molar-refractivity contribution in [2.45, 2.75) is 19.3 Å². The molecule has 82 valence electrons. The molecule has 0 radical (unpaired) electrons. The summed E-state index contributed by atoms with van der Waals surface area (Å²) in [5.74, 6) is 0. The lowest BCUT2D eigenvalue weighted by Gasteiger charge is -2.36. The van der Waals surface area contributed by atoms with Gasteiger partial charge < -0.3 is 10.5 Å². The van der Waals surface area contributed by atoms with Crippen LogP contribution in [-0.2, 0) is 11.2 Å². The number of pyridine rings is 1. The largest absolute Gasteiger partial charge is 0.381 e. The molecule has 1 aliphatic rings. The Morgan fingerprint density at radius 3 is 2.53 bits per heavy atom. The summed E-state index contributed by atoms with van der Waals surface area (Å²) in [6.07, 6.45) is 6.89. The van der Waals surface area contributed by atoms with Crippen molar-refractivity contribution in [2.24, 2.45) is 11.1 Å². The van der Waals surface area contributed by atoms with Crippen molar-refractivity contribution in [3.8, 4) is 0 Å². The van der Waals surface area contributed by atoms with Crippen LogP contribution in [0, 0.1) is 5.41 Å². The Bertz CT molecular complexity index is 294. The maximum atomic E-state index is 5.91. The quantitative estimate of drug-likeness (QED) is 0.812. The highest BCUT2D eigenvalue weighted by Gasteiger charge is 2.31. The molecule has 0 saturated carbocycles. The molecule has 0 bridgehead atoms. The third kappa shape index (κ3) is 2.55. The van der Waals surface area contributed by atoms with Crippen molar-refractivity contribution in [1.29, 1.82) is 0 Å². The SMILES string of the molecule is NCC1(Cc2ccncc2)CCOCC1. The lowest BCUT2D eigenvalue weighted by atomic mass is 9.75. The number of nitrogens with two attached hydrogens (primary N) is 1. The van der Waals surface area contributed by atoms with Crippen LogP contribution in [0.1, 0.15) is 18.4 Å². The highest BCUT2D eigenvalue weighted by atomic mass is 16.5. The molecule has 0 amide bonds. The summed E-state index contributed by atoms with van der Waals surface area (Å²) < 4.78 is 5.40. The Morgan fingerprint density at radius 2 is 1.93 bits per heavy atom.